The van der Waals surface area contributed by atoms with Crippen molar-refractivity contribution in [1.29, 1.82) is 0 Å². The van der Waals surface area contributed by atoms with E-state index in [0.29, 0.717) is 19.4 Å². The van der Waals surface area contributed by atoms with E-state index >= 15 is 0 Å². The van der Waals surface area contributed by atoms with Gasteiger partial charge in [-0.1, -0.05) is 0 Å². The van der Waals surface area contributed by atoms with Crippen LogP contribution in [-0.4, -0.2) is 31.6 Å². The third kappa shape index (κ3) is 2.12. The number of rotatable bonds is 2. The molecule has 3 nitrogen and oxygen atoms in total. The predicted octanol–water partition coefficient (Wildman–Crippen LogP) is 2.54. The Morgan fingerprint density at radius 3 is 2.68 bits per heavy atom. The summed E-state index contributed by atoms with van der Waals surface area (Å²) in [7, 11) is 0. The average molecular weight is 267 g/mol. The first-order chi connectivity index (χ1) is 9.20. The van der Waals surface area contributed by atoms with Crippen molar-refractivity contribution in [3.05, 3.63) is 29.3 Å². The highest BCUT2D eigenvalue weighted by atomic mass is 19.1. The average Bonchev–Trinajstić information content (AvgIpc) is 2.86. The Balaban J connectivity index is 1.99. The molecule has 1 aromatic rings. The SMILES string of the molecule is O=Cc1cc(F)c(N2CCOC3CCCC32)c(F)c1. The Bertz CT molecular complexity index is 483. The molecule has 0 amide bonds. The van der Waals surface area contributed by atoms with E-state index in [0.717, 1.165) is 31.4 Å². The van der Waals surface area contributed by atoms with Crippen molar-refractivity contribution in [2.45, 2.75) is 31.4 Å². The molecule has 0 radical (unpaired) electrons. The first-order valence-corrected chi connectivity index (χ1v) is 6.53. The van der Waals surface area contributed by atoms with Crippen molar-refractivity contribution in [3.8, 4) is 0 Å². The molecule has 19 heavy (non-hydrogen) atoms. The number of anilines is 1. The molecule has 3 rings (SSSR count). The Morgan fingerprint density at radius 1 is 1.26 bits per heavy atom. The highest BCUT2D eigenvalue weighted by Crippen LogP contribution is 2.35. The molecule has 2 aliphatic rings. The van der Waals surface area contributed by atoms with Gasteiger partial charge in [-0.15, -0.1) is 0 Å². The van der Waals surface area contributed by atoms with Gasteiger partial charge in [-0.05, 0) is 31.4 Å². The molecule has 1 aliphatic heterocycles. The van der Waals surface area contributed by atoms with Crippen molar-refractivity contribution in [2.24, 2.45) is 0 Å². The molecule has 5 heteroatoms. The summed E-state index contributed by atoms with van der Waals surface area (Å²) in [6.45, 7) is 0.963. The number of morpholine rings is 1. The van der Waals surface area contributed by atoms with E-state index in [9.17, 15) is 13.6 Å². The van der Waals surface area contributed by atoms with E-state index in [1.54, 1.807) is 4.90 Å². The van der Waals surface area contributed by atoms with Gasteiger partial charge >= 0.3 is 0 Å². The molecule has 102 valence electrons. The zero-order valence-electron chi connectivity index (χ0n) is 10.4. The highest BCUT2D eigenvalue weighted by molar-refractivity contribution is 5.76. The van der Waals surface area contributed by atoms with Crippen LogP contribution in [0, 0.1) is 11.6 Å². The molecule has 1 heterocycles. The molecule has 1 aromatic carbocycles. The summed E-state index contributed by atoms with van der Waals surface area (Å²) in [5, 5.41) is 0. The van der Waals surface area contributed by atoms with E-state index in [-0.39, 0.29) is 23.4 Å². The molecule has 1 saturated heterocycles. The summed E-state index contributed by atoms with van der Waals surface area (Å²) < 4.78 is 33.8. The van der Waals surface area contributed by atoms with Crippen LogP contribution in [0.3, 0.4) is 0 Å². The van der Waals surface area contributed by atoms with E-state index < -0.39 is 11.6 Å². The first kappa shape index (κ1) is 12.5. The standard InChI is InChI=1S/C14H15F2NO2/c15-10-6-9(8-18)7-11(16)14(10)17-4-5-19-13-3-1-2-12(13)17/h6-8,12-13H,1-5H2. The first-order valence-electron chi connectivity index (χ1n) is 6.53. The molecule has 0 spiro atoms. The zero-order valence-corrected chi connectivity index (χ0v) is 10.4. The van der Waals surface area contributed by atoms with Crippen LogP contribution in [0.15, 0.2) is 12.1 Å². The van der Waals surface area contributed by atoms with Crippen LogP contribution in [0.25, 0.3) is 0 Å². The lowest BCUT2D eigenvalue weighted by Crippen LogP contribution is -2.49. The second kappa shape index (κ2) is 4.89. The van der Waals surface area contributed by atoms with Crippen molar-refractivity contribution < 1.29 is 18.3 Å². The van der Waals surface area contributed by atoms with Gasteiger partial charge in [0.05, 0.1) is 18.8 Å². The number of ether oxygens (including phenoxy) is 1. The topological polar surface area (TPSA) is 29.5 Å². The van der Waals surface area contributed by atoms with Crippen molar-refractivity contribution in [2.75, 3.05) is 18.1 Å². The maximum absolute atomic E-state index is 14.1. The van der Waals surface area contributed by atoms with Gasteiger partial charge < -0.3 is 9.64 Å². The Kier molecular flexibility index (Phi) is 3.22. The maximum Gasteiger partial charge on any atom is 0.150 e. The minimum atomic E-state index is -0.672. The number of halogens is 2. The molecule has 1 aliphatic carbocycles. The van der Waals surface area contributed by atoms with Crippen LogP contribution in [0.5, 0.6) is 0 Å². The molecule has 2 fully saturated rings. The third-order valence-electron chi connectivity index (χ3n) is 3.94. The molecular formula is C14H15F2NO2. The lowest BCUT2D eigenvalue weighted by atomic mass is 10.1. The smallest absolute Gasteiger partial charge is 0.150 e. The van der Waals surface area contributed by atoms with Gasteiger partial charge in [-0.2, -0.15) is 0 Å². The van der Waals surface area contributed by atoms with Crippen LogP contribution in [0.4, 0.5) is 14.5 Å². The molecule has 0 aromatic heterocycles. The number of fused-ring (bicyclic) bond motifs is 1. The number of benzene rings is 1. The molecule has 2 unspecified atom stereocenters. The van der Waals surface area contributed by atoms with Gasteiger partial charge in [0, 0.05) is 12.1 Å². The van der Waals surface area contributed by atoms with E-state index in [1.165, 1.54) is 0 Å². The minimum absolute atomic E-state index is 0.0224. The van der Waals surface area contributed by atoms with Gasteiger partial charge in [-0.3, -0.25) is 4.79 Å². The molecule has 0 bridgehead atoms. The molecule has 2 atom stereocenters. The summed E-state index contributed by atoms with van der Waals surface area (Å²) in [5.74, 6) is -1.34. The number of carbonyl (C=O) groups is 1. The van der Waals surface area contributed by atoms with Gasteiger partial charge in [-0.25, -0.2) is 8.78 Å². The highest BCUT2D eigenvalue weighted by Gasteiger charge is 2.38. The maximum atomic E-state index is 14.1. The fraction of sp³-hybridized carbons (Fsp3) is 0.500. The normalized spacial score (nSPS) is 26.3. The van der Waals surface area contributed by atoms with Gasteiger partial charge in [0.2, 0.25) is 0 Å². The second-order valence-electron chi connectivity index (χ2n) is 5.05. The quantitative estimate of drug-likeness (QED) is 0.771. The van der Waals surface area contributed by atoms with Crippen LogP contribution in [0.2, 0.25) is 0 Å². The minimum Gasteiger partial charge on any atom is -0.374 e. The van der Waals surface area contributed by atoms with E-state index in [4.69, 9.17) is 4.74 Å². The Labute approximate surface area is 110 Å². The van der Waals surface area contributed by atoms with Gasteiger partial charge in [0.1, 0.15) is 23.6 Å². The lowest BCUT2D eigenvalue weighted by molar-refractivity contribution is 0.0251. The summed E-state index contributed by atoms with van der Waals surface area (Å²) in [6, 6.07) is 2.22. The number of hydrogen-bond acceptors (Lipinski definition) is 3. The Morgan fingerprint density at radius 2 is 2.00 bits per heavy atom. The van der Waals surface area contributed by atoms with Crippen LogP contribution >= 0.6 is 0 Å². The third-order valence-corrected chi connectivity index (χ3v) is 3.94. The molecule has 1 saturated carbocycles. The Hall–Kier alpha value is -1.49. The predicted molar refractivity (Wildman–Crippen MR) is 66.5 cm³/mol. The number of hydrogen-bond donors (Lipinski definition) is 0. The van der Waals surface area contributed by atoms with Crippen LogP contribution < -0.4 is 4.90 Å². The van der Waals surface area contributed by atoms with Crippen LogP contribution in [-0.2, 0) is 4.74 Å². The van der Waals surface area contributed by atoms with E-state index in [2.05, 4.69) is 0 Å². The number of nitrogens with zero attached hydrogens (tertiary/aromatic N) is 1. The summed E-state index contributed by atoms with van der Waals surface area (Å²) in [5.41, 5.74) is 0.000723. The lowest BCUT2D eigenvalue weighted by Gasteiger charge is -2.39. The second-order valence-corrected chi connectivity index (χ2v) is 5.05. The summed E-state index contributed by atoms with van der Waals surface area (Å²) >= 11 is 0. The number of aldehydes is 1. The fourth-order valence-corrected chi connectivity index (χ4v) is 3.13. The van der Waals surface area contributed by atoms with Crippen molar-refractivity contribution in [1.82, 2.24) is 0 Å². The monoisotopic (exact) mass is 267 g/mol. The van der Waals surface area contributed by atoms with Gasteiger partial charge in [0.25, 0.3) is 0 Å². The fourth-order valence-electron chi connectivity index (χ4n) is 3.13. The van der Waals surface area contributed by atoms with E-state index in [1.807, 2.05) is 0 Å². The molecule has 0 N–H and O–H groups in total. The zero-order chi connectivity index (χ0) is 13.4. The summed E-state index contributed by atoms with van der Waals surface area (Å²) in [4.78, 5) is 12.4. The van der Waals surface area contributed by atoms with Gasteiger partial charge in [0.15, 0.2) is 0 Å². The van der Waals surface area contributed by atoms with Crippen LogP contribution in [0.1, 0.15) is 29.6 Å². The van der Waals surface area contributed by atoms with Crippen molar-refractivity contribution >= 4 is 12.0 Å². The van der Waals surface area contributed by atoms with Crippen molar-refractivity contribution in [3.63, 3.8) is 0 Å². The summed E-state index contributed by atoms with van der Waals surface area (Å²) in [6.07, 6.45) is 3.36. The molecular weight excluding hydrogens is 252 g/mol. The largest absolute Gasteiger partial charge is 0.374 e. The number of carbonyl (C=O) groups excluding carboxylic acids is 1.